The Morgan fingerprint density at radius 1 is 1.12 bits per heavy atom. The van der Waals surface area contributed by atoms with Crippen molar-refractivity contribution in [3.8, 4) is 0 Å². The van der Waals surface area contributed by atoms with E-state index in [1.54, 1.807) is 0 Å². The Morgan fingerprint density at radius 2 is 1.71 bits per heavy atom. The monoisotopic (exact) mass is 389 g/mol. The number of halogens is 1. The summed E-state index contributed by atoms with van der Waals surface area (Å²) in [5.74, 6) is 1.90. The van der Waals surface area contributed by atoms with Gasteiger partial charge in [0.15, 0.2) is 0 Å². The number of hydrogen-bond acceptors (Lipinski definition) is 1. The van der Waals surface area contributed by atoms with Gasteiger partial charge in [0.1, 0.15) is 0 Å². The molecule has 24 heavy (non-hydrogen) atoms. The molecule has 0 heterocycles. The molecule has 4 saturated carbocycles. The highest BCUT2D eigenvalue weighted by atomic mass is 79.9. The summed E-state index contributed by atoms with van der Waals surface area (Å²) in [5.41, 5.74) is 2.50. The molecule has 4 fully saturated rings. The zero-order chi connectivity index (χ0) is 16.9. The molecule has 1 amide bonds. The van der Waals surface area contributed by atoms with Crippen LogP contribution >= 0.6 is 15.9 Å². The number of nitrogens with zero attached hydrogens (tertiary/aromatic N) is 1. The van der Waals surface area contributed by atoms with Gasteiger partial charge in [0.2, 0.25) is 5.91 Å². The fourth-order valence-electron chi connectivity index (χ4n) is 6.03. The Kier molecular flexibility index (Phi) is 4.06. The van der Waals surface area contributed by atoms with Crippen molar-refractivity contribution in [3.05, 3.63) is 35.4 Å². The molecule has 4 aliphatic carbocycles. The summed E-state index contributed by atoms with van der Waals surface area (Å²) in [4.78, 5) is 15.4. The maximum Gasteiger partial charge on any atom is 0.228 e. The van der Waals surface area contributed by atoms with Gasteiger partial charge in [-0.25, -0.2) is 0 Å². The number of amides is 1. The summed E-state index contributed by atoms with van der Waals surface area (Å²) < 4.78 is 0.246. The third kappa shape index (κ3) is 2.83. The van der Waals surface area contributed by atoms with Gasteiger partial charge in [0.25, 0.3) is 0 Å². The van der Waals surface area contributed by atoms with E-state index in [9.17, 15) is 4.79 Å². The Morgan fingerprint density at radius 3 is 2.25 bits per heavy atom. The molecule has 1 aromatic carbocycles. The van der Waals surface area contributed by atoms with Crippen LogP contribution in [0.25, 0.3) is 0 Å². The molecule has 130 valence electrons. The molecule has 0 spiro atoms. The van der Waals surface area contributed by atoms with E-state index < -0.39 is 0 Å². The lowest BCUT2D eigenvalue weighted by atomic mass is 9.49. The highest BCUT2D eigenvalue weighted by Crippen LogP contribution is 2.64. The second-order valence-electron chi connectivity index (χ2n) is 8.72. The Bertz CT molecular complexity index is 624. The van der Waals surface area contributed by atoms with E-state index in [4.69, 9.17) is 0 Å². The molecule has 4 aliphatic rings. The summed E-state index contributed by atoms with van der Waals surface area (Å²) in [5, 5.41) is 0. The second kappa shape index (κ2) is 5.86. The molecule has 0 N–H and O–H groups in total. The molecular formula is C21H28BrNO. The standard InChI is InChI=1S/C21H28BrNO/c1-3-15-4-6-16(7-5-15)13-23(2)19(24)20-9-17-8-18(10-20)12-21(22,11-17)14-20/h4-7,17-18H,3,8-14H2,1-2H3. The van der Waals surface area contributed by atoms with Crippen molar-refractivity contribution in [2.24, 2.45) is 17.3 Å². The molecule has 2 unspecified atom stereocenters. The molecule has 4 bridgehead atoms. The van der Waals surface area contributed by atoms with Crippen molar-refractivity contribution in [2.45, 2.75) is 62.7 Å². The van der Waals surface area contributed by atoms with Crippen molar-refractivity contribution in [3.63, 3.8) is 0 Å². The number of aryl methyl sites for hydroxylation is 1. The van der Waals surface area contributed by atoms with Crippen LogP contribution in [0.4, 0.5) is 0 Å². The zero-order valence-corrected chi connectivity index (χ0v) is 16.4. The lowest BCUT2D eigenvalue weighted by molar-refractivity contribution is -0.154. The average molecular weight is 390 g/mol. The van der Waals surface area contributed by atoms with Gasteiger partial charge in [-0.3, -0.25) is 4.79 Å². The summed E-state index contributed by atoms with van der Waals surface area (Å²) >= 11 is 4.02. The van der Waals surface area contributed by atoms with E-state index in [2.05, 4.69) is 47.1 Å². The normalized spacial score (nSPS) is 36.8. The van der Waals surface area contributed by atoms with Gasteiger partial charge in [-0.2, -0.15) is 0 Å². The van der Waals surface area contributed by atoms with Crippen LogP contribution in [0.15, 0.2) is 24.3 Å². The van der Waals surface area contributed by atoms with Gasteiger partial charge in [0.05, 0.1) is 5.41 Å². The highest BCUT2D eigenvalue weighted by molar-refractivity contribution is 9.10. The molecule has 5 rings (SSSR count). The molecule has 3 heteroatoms. The number of alkyl halides is 1. The fourth-order valence-corrected chi connectivity index (χ4v) is 7.48. The highest BCUT2D eigenvalue weighted by Gasteiger charge is 2.60. The van der Waals surface area contributed by atoms with Crippen LogP contribution in [0.3, 0.4) is 0 Å². The Hall–Kier alpha value is -0.830. The lowest BCUT2D eigenvalue weighted by Crippen LogP contribution is -2.58. The van der Waals surface area contributed by atoms with Gasteiger partial charge in [0, 0.05) is 17.9 Å². The quantitative estimate of drug-likeness (QED) is 0.667. The minimum Gasteiger partial charge on any atom is -0.341 e. The smallest absolute Gasteiger partial charge is 0.228 e. The van der Waals surface area contributed by atoms with E-state index in [0.29, 0.717) is 5.91 Å². The third-order valence-corrected chi connectivity index (χ3v) is 7.57. The first-order valence-electron chi connectivity index (χ1n) is 9.44. The van der Waals surface area contributed by atoms with Crippen LogP contribution in [-0.4, -0.2) is 22.2 Å². The zero-order valence-electron chi connectivity index (χ0n) is 14.9. The predicted octanol–water partition coefficient (Wildman–Crippen LogP) is 4.94. The minimum absolute atomic E-state index is 0.0916. The Labute approximate surface area is 154 Å². The van der Waals surface area contributed by atoms with Gasteiger partial charge < -0.3 is 4.90 Å². The summed E-state index contributed by atoms with van der Waals surface area (Å²) in [6, 6.07) is 8.72. The number of carbonyl (C=O) groups is 1. The molecule has 0 radical (unpaired) electrons. The average Bonchev–Trinajstić information content (AvgIpc) is 2.52. The van der Waals surface area contributed by atoms with Crippen molar-refractivity contribution in [1.29, 1.82) is 0 Å². The second-order valence-corrected chi connectivity index (χ2v) is 10.4. The number of benzene rings is 1. The van der Waals surface area contributed by atoms with Crippen molar-refractivity contribution >= 4 is 21.8 Å². The van der Waals surface area contributed by atoms with Gasteiger partial charge in [-0.15, -0.1) is 0 Å². The number of hydrogen-bond donors (Lipinski definition) is 0. The first-order chi connectivity index (χ1) is 11.4. The van der Waals surface area contributed by atoms with E-state index >= 15 is 0 Å². The largest absolute Gasteiger partial charge is 0.341 e. The van der Waals surface area contributed by atoms with E-state index in [-0.39, 0.29) is 9.74 Å². The molecule has 2 atom stereocenters. The van der Waals surface area contributed by atoms with E-state index in [0.717, 1.165) is 44.1 Å². The summed E-state index contributed by atoms with van der Waals surface area (Å²) in [7, 11) is 2.00. The van der Waals surface area contributed by atoms with Crippen LogP contribution in [0.1, 0.15) is 56.6 Å². The van der Waals surface area contributed by atoms with Gasteiger partial charge in [-0.05, 0) is 67.9 Å². The molecule has 2 nitrogen and oxygen atoms in total. The predicted molar refractivity (Wildman–Crippen MR) is 101 cm³/mol. The maximum absolute atomic E-state index is 13.4. The summed E-state index contributed by atoms with van der Waals surface area (Å²) in [6.45, 7) is 2.91. The van der Waals surface area contributed by atoms with Crippen molar-refractivity contribution < 1.29 is 4.79 Å². The third-order valence-electron chi connectivity index (χ3n) is 6.64. The van der Waals surface area contributed by atoms with Crippen LogP contribution < -0.4 is 0 Å². The van der Waals surface area contributed by atoms with Gasteiger partial charge >= 0.3 is 0 Å². The first-order valence-corrected chi connectivity index (χ1v) is 10.2. The van der Waals surface area contributed by atoms with E-state index in [1.165, 1.54) is 30.4 Å². The molecule has 1 aromatic rings. The van der Waals surface area contributed by atoms with Gasteiger partial charge in [-0.1, -0.05) is 47.1 Å². The molecular weight excluding hydrogens is 362 g/mol. The summed E-state index contributed by atoms with van der Waals surface area (Å²) in [6.07, 6.45) is 8.26. The van der Waals surface area contributed by atoms with Crippen molar-refractivity contribution in [1.82, 2.24) is 4.90 Å². The van der Waals surface area contributed by atoms with Crippen LogP contribution in [0, 0.1) is 17.3 Å². The maximum atomic E-state index is 13.4. The first kappa shape index (κ1) is 16.6. The lowest BCUT2D eigenvalue weighted by Gasteiger charge is -2.60. The molecule has 0 saturated heterocycles. The van der Waals surface area contributed by atoms with Crippen LogP contribution in [0.2, 0.25) is 0 Å². The number of carbonyl (C=O) groups excluding carboxylic acids is 1. The molecule has 0 aliphatic heterocycles. The van der Waals surface area contributed by atoms with Crippen LogP contribution in [0.5, 0.6) is 0 Å². The van der Waals surface area contributed by atoms with Crippen molar-refractivity contribution in [2.75, 3.05) is 7.05 Å². The topological polar surface area (TPSA) is 20.3 Å². The molecule has 0 aromatic heterocycles. The fraction of sp³-hybridized carbons (Fsp3) is 0.667. The number of rotatable bonds is 4. The Balaban J connectivity index is 1.50. The van der Waals surface area contributed by atoms with Crippen LogP contribution in [-0.2, 0) is 17.8 Å². The van der Waals surface area contributed by atoms with E-state index in [1.807, 2.05) is 11.9 Å². The SMILES string of the molecule is CCc1ccc(CN(C)C(=O)C23CC4CC(CC(Br)(C4)C2)C3)cc1. The minimum atomic E-state index is -0.0916.